The molecule has 2 saturated heterocycles. The third-order valence-corrected chi connectivity index (χ3v) is 4.07. The van der Waals surface area contributed by atoms with E-state index in [-0.39, 0.29) is 11.9 Å². The molecule has 2 aliphatic heterocycles. The number of fused-ring (bicyclic) bond motifs is 1. The molecule has 0 aromatic heterocycles. The molecule has 0 amide bonds. The first kappa shape index (κ1) is 12.3. The number of hydrogen-bond acceptors (Lipinski definition) is 3. The maximum atomic E-state index is 5.59. The first-order chi connectivity index (χ1) is 7.67. The van der Waals surface area contributed by atoms with E-state index in [1.807, 2.05) is 0 Å². The first-order valence-corrected chi connectivity index (χ1v) is 6.63. The van der Waals surface area contributed by atoms with Gasteiger partial charge in [-0.05, 0) is 32.1 Å². The molecule has 0 bridgehead atoms. The van der Waals surface area contributed by atoms with E-state index in [1.54, 1.807) is 0 Å². The summed E-state index contributed by atoms with van der Waals surface area (Å²) in [5, 5.41) is 0. The van der Waals surface area contributed by atoms with Gasteiger partial charge >= 0.3 is 0 Å². The van der Waals surface area contributed by atoms with Gasteiger partial charge < -0.3 is 4.74 Å². The highest BCUT2D eigenvalue weighted by atomic mass is 17.2. The highest BCUT2D eigenvalue weighted by Gasteiger charge is 2.44. The molecule has 1 unspecified atom stereocenters. The molecule has 94 valence electrons. The van der Waals surface area contributed by atoms with E-state index in [1.165, 1.54) is 12.8 Å². The molecule has 0 radical (unpaired) electrons. The Bertz CT molecular complexity index is 223. The maximum absolute atomic E-state index is 5.59. The van der Waals surface area contributed by atoms with Crippen LogP contribution in [0.2, 0.25) is 0 Å². The van der Waals surface area contributed by atoms with Crippen molar-refractivity contribution in [3.05, 3.63) is 0 Å². The first-order valence-electron chi connectivity index (χ1n) is 6.63. The van der Waals surface area contributed by atoms with E-state index in [9.17, 15) is 0 Å². The van der Waals surface area contributed by atoms with E-state index in [0.717, 1.165) is 31.8 Å². The topological polar surface area (TPSA) is 27.7 Å². The summed E-state index contributed by atoms with van der Waals surface area (Å²) in [6.07, 6.45) is 5.64. The van der Waals surface area contributed by atoms with E-state index in [4.69, 9.17) is 14.5 Å². The predicted molar refractivity (Wildman–Crippen MR) is 61.7 cm³/mol. The largest absolute Gasteiger partial charge is 0.349 e. The fraction of sp³-hybridized carbons (Fsp3) is 1.00. The Morgan fingerprint density at radius 2 is 2.06 bits per heavy atom. The van der Waals surface area contributed by atoms with Gasteiger partial charge in [-0.25, -0.2) is 9.78 Å². The van der Waals surface area contributed by atoms with Gasteiger partial charge in [0.1, 0.15) is 5.60 Å². The summed E-state index contributed by atoms with van der Waals surface area (Å²) in [6, 6.07) is 0. The normalized spacial score (nSPS) is 39.0. The van der Waals surface area contributed by atoms with Crippen LogP contribution in [0.25, 0.3) is 0 Å². The van der Waals surface area contributed by atoms with Crippen LogP contribution in [0, 0.1) is 11.8 Å². The lowest BCUT2D eigenvalue weighted by Gasteiger charge is -2.39. The standard InChI is InChI=1S/C13H24O3/c1-4-10(5-2)8-13(3)9-11-6-7-14-12(11)15-16-13/h10-12H,4-9H2,1-3H3/t11-,12+,13?/m0/s1. The van der Waals surface area contributed by atoms with Crippen molar-refractivity contribution in [2.24, 2.45) is 11.8 Å². The second-order valence-corrected chi connectivity index (χ2v) is 5.51. The maximum Gasteiger partial charge on any atom is 0.194 e. The second-order valence-electron chi connectivity index (χ2n) is 5.51. The zero-order valence-corrected chi connectivity index (χ0v) is 10.7. The molecule has 2 heterocycles. The van der Waals surface area contributed by atoms with Crippen molar-refractivity contribution in [3.8, 4) is 0 Å². The molecule has 0 N–H and O–H groups in total. The molecule has 0 spiro atoms. The van der Waals surface area contributed by atoms with Crippen LogP contribution in [0.4, 0.5) is 0 Å². The highest BCUT2D eigenvalue weighted by Crippen LogP contribution is 2.41. The Balaban J connectivity index is 1.92. The fourth-order valence-electron chi connectivity index (χ4n) is 2.97. The average Bonchev–Trinajstić information content (AvgIpc) is 2.72. The lowest BCUT2D eigenvalue weighted by atomic mass is 9.81. The lowest BCUT2D eigenvalue weighted by Crippen LogP contribution is -2.42. The molecule has 0 aliphatic carbocycles. The predicted octanol–water partition coefficient (Wildman–Crippen LogP) is 3.29. The molecular weight excluding hydrogens is 204 g/mol. The van der Waals surface area contributed by atoms with Crippen molar-refractivity contribution in [1.82, 2.24) is 0 Å². The van der Waals surface area contributed by atoms with Gasteiger partial charge in [-0.15, -0.1) is 0 Å². The van der Waals surface area contributed by atoms with E-state index < -0.39 is 0 Å². The van der Waals surface area contributed by atoms with Gasteiger partial charge in [0.15, 0.2) is 6.29 Å². The quantitative estimate of drug-likeness (QED) is 0.691. The van der Waals surface area contributed by atoms with Crippen molar-refractivity contribution in [1.29, 1.82) is 0 Å². The van der Waals surface area contributed by atoms with Crippen molar-refractivity contribution >= 4 is 0 Å². The minimum Gasteiger partial charge on any atom is -0.349 e. The van der Waals surface area contributed by atoms with Crippen LogP contribution in [0.3, 0.4) is 0 Å². The monoisotopic (exact) mass is 228 g/mol. The Morgan fingerprint density at radius 1 is 1.31 bits per heavy atom. The average molecular weight is 228 g/mol. The molecule has 0 aromatic carbocycles. The van der Waals surface area contributed by atoms with Gasteiger partial charge in [0.2, 0.25) is 0 Å². The molecule has 2 rings (SSSR count). The molecule has 2 fully saturated rings. The molecule has 16 heavy (non-hydrogen) atoms. The van der Waals surface area contributed by atoms with Crippen LogP contribution in [0.5, 0.6) is 0 Å². The highest BCUT2D eigenvalue weighted by molar-refractivity contribution is 4.86. The van der Waals surface area contributed by atoms with Crippen molar-refractivity contribution < 1.29 is 14.5 Å². The molecular formula is C13H24O3. The van der Waals surface area contributed by atoms with Crippen LogP contribution in [-0.4, -0.2) is 18.5 Å². The summed E-state index contributed by atoms with van der Waals surface area (Å²) < 4.78 is 5.46. The second kappa shape index (κ2) is 5.03. The van der Waals surface area contributed by atoms with Gasteiger partial charge in [0.25, 0.3) is 0 Å². The third-order valence-electron chi connectivity index (χ3n) is 4.07. The van der Waals surface area contributed by atoms with E-state index in [0.29, 0.717) is 5.92 Å². The SMILES string of the molecule is CCC(CC)CC1(C)C[C@@H]2CCO[C@@H]2OO1. The van der Waals surface area contributed by atoms with Crippen LogP contribution < -0.4 is 0 Å². The number of rotatable bonds is 4. The smallest absolute Gasteiger partial charge is 0.194 e. The molecule has 0 aromatic rings. The summed E-state index contributed by atoms with van der Waals surface area (Å²) in [7, 11) is 0. The van der Waals surface area contributed by atoms with E-state index in [2.05, 4.69) is 20.8 Å². The fourth-order valence-corrected chi connectivity index (χ4v) is 2.97. The minimum absolute atomic E-state index is 0.102. The Hall–Kier alpha value is -0.120. The Kier molecular flexibility index (Phi) is 3.88. The summed E-state index contributed by atoms with van der Waals surface area (Å²) in [5.41, 5.74) is -0.106. The molecule has 0 saturated carbocycles. The summed E-state index contributed by atoms with van der Waals surface area (Å²) in [4.78, 5) is 11.0. The van der Waals surface area contributed by atoms with E-state index >= 15 is 0 Å². The Labute approximate surface area is 98.4 Å². The van der Waals surface area contributed by atoms with Crippen molar-refractivity contribution in [2.75, 3.05) is 6.61 Å². The van der Waals surface area contributed by atoms with Gasteiger partial charge in [-0.1, -0.05) is 26.7 Å². The summed E-state index contributed by atoms with van der Waals surface area (Å²) >= 11 is 0. The zero-order chi connectivity index (χ0) is 11.6. The third kappa shape index (κ3) is 2.58. The van der Waals surface area contributed by atoms with Gasteiger partial charge in [0.05, 0.1) is 6.61 Å². The van der Waals surface area contributed by atoms with Crippen LogP contribution in [0.15, 0.2) is 0 Å². The van der Waals surface area contributed by atoms with Gasteiger partial charge in [-0.3, -0.25) is 0 Å². The van der Waals surface area contributed by atoms with Crippen molar-refractivity contribution in [3.63, 3.8) is 0 Å². The molecule has 3 heteroatoms. The summed E-state index contributed by atoms with van der Waals surface area (Å²) in [6.45, 7) is 7.50. The van der Waals surface area contributed by atoms with Crippen LogP contribution in [0.1, 0.15) is 52.9 Å². The minimum atomic E-state index is -0.106. The molecule has 3 nitrogen and oxygen atoms in total. The molecule has 3 atom stereocenters. The van der Waals surface area contributed by atoms with Crippen molar-refractivity contribution in [2.45, 2.75) is 64.8 Å². The van der Waals surface area contributed by atoms with Gasteiger partial charge in [0, 0.05) is 5.92 Å². The summed E-state index contributed by atoms with van der Waals surface area (Å²) in [5.74, 6) is 1.28. The number of ether oxygens (including phenoxy) is 1. The Morgan fingerprint density at radius 3 is 2.75 bits per heavy atom. The molecule has 2 aliphatic rings. The lowest BCUT2D eigenvalue weighted by molar-refractivity contribution is -0.450. The van der Waals surface area contributed by atoms with Gasteiger partial charge in [-0.2, -0.15) is 0 Å². The number of hydrogen-bond donors (Lipinski definition) is 0. The van der Waals surface area contributed by atoms with Crippen LogP contribution in [-0.2, 0) is 14.5 Å². The zero-order valence-electron chi connectivity index (χ0n) is 10.7. The van der Waals surface area contributed by atoms with Crippen LogP contribution >= 0.6 is 0 Å².